The van der Waals surface area contributed by atoms with Crippen molar-refractivity contribution in [2.24, 2.45) is 5.92 Å². The van der Waals surface area contributed by atoms with Gasteiger partial charge >= 0.3 is 29.6 Å². The minimum atomic E-state index is -4.58. The van der Waals surface area contributed by atoms with Gasteiger partial charge in [-0.05, 0) is 18.8 Å². The van der Waals surface area contributed by atoms with Crippen molar-refractivity contribution in [1.29, 1.82) is 0 Å². The van der Waals surface area contributed by atoms with Crippen LogP contribution in [0.1, 0.15) is 168 Å². The van der Waals surface area contributed by atoms with Gasteiger partial charge in [-0.3, -0.25) is 4.18 Å². The zero-order chi connectivity index (χ0) is 24.5. The Balaban J connectivity index is 0. The van der Waals surface area contributed by atoms with Crippen molar-refractivity contribution in [2.45, 2.75) is 168 Å². The van der Waals surface area contributed by atoms with Gasteiger partial charge in [0.15, 0.2) is 0 Å². The Morgan fingerprint density at radius 3 is 1.06 bits per heavy atom. The normalized spacial score (nSPS) is 12.6. The van der Waals surface area contributed by atoms with E-state index in [0.717, 1.165) is 25.7 Å². The smallest absolute Gasteiger partial charge is 0.726 e. The molecule has 0 bridgehead atoms. The van der Waals surface area contributed by atoms with Crippen LogP contribution in [-0.4, -0.2) is 19.6 Å². The second-order valence-electron chi connectivity index (χ2n) is 10.2. The first-order valence-electron chi connectivity index (χ1n) is 14.6. The fourth-order valence-electron chi connectivity index (χ4n) is 4.69. The number of rotatable bonds is 27. The van der Waals surface area contributed by atoms with Crippen LogP contribution in [0, 0.1) is 5.92 Å². The molecule has 1 unspecified atom stereocenters. The minimum absolute atomic E-state index is 0. The van der Waals surface area contributed by atoms with E-state index in [9.17, 15) is 13.0 Å². The number of hydrogen-bond donors (Lipinski definition) is 0. The summed E-state index contributed by atoms with van der Waals surface area (Å²) in [6.07, 6.45) is 30.8. The molecule has 0 fully saturated rings. The summed E-state index contributed by atoms with van der Waals surface area (Å²) in [6, 6.07) is 0. The van der Waals surface area contributed by atoms with Gasteiger partial charge in [-0.2, -0.15) is 0 Å². The summed E-state index contributed by atoms with van der Waals surface area (Å²) < 4.78 is 37.2. The van der Waals surface area contributed by atoms with Gasteiger partial charge in [0.25, 0.3) is 0 Å². The van der Waals surface area contributed by atoms with E-state index < -0.39 is 10.4 Å². The quantitative estimate of drug-likeness (QED) is 0.0546. The summed E-state index contributed by atoms with van der Waals surface area (Å²) in [5.41, 5.74) is 0. The van der Waals surface area contributed by atoms with Crippen LogP contribution in [0.15, 0.2) is 0 Å². The first-order chi connectivity index (χ1) is 16.0. The molecule has 0 aliphatic rings. The largest absolute Gasteiger partial charge is 1.00 e. The zero-order valence-electron chi connectivity index (χ0n) is 23.3. The van der Waals surface area contributed by atoms with Gasteiger partial charge in [-0.1, -0.05) is 155 Å². The summed E-state index contributed by atoms with van der Waals surface area (Å²) in [7, 11) is -4.58. The molecule has 0 aromatic heterocycles. The van der Waals surface area contributed by atoms with E-state index in [-0.39, 0.29) is 42.1 Å². The van der Waals surface area contributed by atoms with Crippen LogP contribution in [0.3, 0.4) is 0 Å². The molecule has 0 N–H and O–H groups in total. The summed E-state index contributed by atoms with van der Waals surface area (Å²) in [5.74, 6) is 0.200. The van der Waals surface area contributed by atoms with Crippen molar-refractivity contribution < 1.29 is 46.7 Å². The van der Waals surface area contributed by atoms with Crippen molar-refractivity contribution in [3.05, 3.63) is 0 Å². The molecule has 0 aromatic carbocycles. The average molecular weight is 513 g/mol. The fraction of sp³-hybridized carbons (Fsp3) is 1.00. The molecule has 0 saturated heterocycles. The molecule has 0 amide bonds. The third kappa shape index (κ3) is 30.9. The Kier molecular flexibility index (Phi) is 31.0. The standard InChI is InChI=1S/C28H58O4S.Na/c1-3-5-7-9-11-13-14-15-16-18-20-22-24-26-28(27-32-33(29,30)31)25-23-21-19-17-12-10-8-6-4-2;/h28H,3-27H2,1-2H3,(H,29,30,31);/q;+1/p-1. The number of hydrogen-bond acceptors (Lipinski definition) is 4. The van der Waals surface area contributed by atoms with Crippen molar-refractivity contribution in [3.63, 3.8) is 0 Å². The zero-order valence-corrected chi connectivity index (χ0v) is 26.1. The second-order valence-corrected chi connectivity index (χ2v) is 11.3. The Morgan fingerprint density at radius 2 is 0.794 bits per heavy atom. The van der Waals surface area contributed by atoms with Gasteiger partial charge in [-0.15, -0.1) is 0 Å². The van der Waals surface area contributed by atoms with Crippen LogP contribution in [0.25, 0.3) is 0 Å². The predicted octanol–water partition coefficient (Wildman–Crippen LogP) is 6.49. The maximum Gasteiger partial charge on any atom is 1.00 e. The summed E-state index contributed by atoms with van der Waals surface area (Å²) in [5, 5.41) is 0. The number of unbranched alkanes of at least 4 members (excludes halogenated alkanes) is 20. The third-order valence-electron chi connectivity index (χ3n) is 6.88. The monoisotopic (exact) mass is 512 g/mol. The van der Waals surface area contributed by atoms with E-state index in [1.54, 1.807) is 0 Å². The van der Waals surface area contributed by atoms with Crippen molar-refractivity contribution >= 4 is 10.4 Å². The summed E-state index contributed by atoms with van der Waals surface area (Å²) in [6.45, 7) is 4.58. The molecule has 0 saturated carbocycles. The predicted molar refractivity (Wildman–Crippen MR) is 141 cm³/mol. The van der Waals surface area contributed by atoms with E-state index in [2.05, 4.69) is 18.0 Å². The van der Waals surface area contributed by atoms with Gasteiger partial charge in [0.2, 0.25) is 10.4 Å². The molecule has 0 aliphatic heterocycles. The van der Waals surface area contributed by atoms with E-state index in [0.29, 0.717) is 0 Å². The Bertz CT molecular complexity index is 485. The molecule has 0 heterocycles. The Labute approximate surface area is 236 Å². The maximum atomic E-state index is 10.9. The van der Waals surface area contributed by atoms with E-state index in [4.69, 9.17) is 0 Å². The van der Waals surface area contributed by atoms with Gasteiger partial charge in [0.05, 0.1) is 6.61 Å². The van der Waals surface area contributed by atoms with Crippen LogP contribution in [0.5, 0.6) is 0 Å². The molecule has 0 radical (unpaired) electrons. The third-order valence-corrected chi connectivity index (χ3v) is 7.30. The SMILES string of the molecule is CCCCCCCCCCCCCCCC(CCCCCCCCCCC)COS(=O)(=O)[O-].[Na+]. The molecule has 4 nitrogen and oxygen atoms in total. The topological polar surface area (TPSA) is 66.4 Å². The molecule has 1 atom stereocenters. The van der Waals surface area contributed by atoms with E-state index in [1.807, 2.05) is 0 Å². The fourth-order valence-corrected chi connectivity index (χ4v) is 5.04. The molecule has 0 aliphatic carbocycles. The molecule has 34 heavy (non-hydrogen) atoms. The van der Waals surface area contributed by atoms with Crippen LogP contribution < -0.4 is 29.6 Å². The molecular formula is C28H57NaO4S. The van der Waals surface area contributed by atoms with Gasteiger partial charge in [-0.25, -0.2) is 8.42 Å². The van der Waals surface area contributed by atoms with Gasteiger partial charge < -0.3 is 4.55 Å². The summed E-state index contributed by atoms with van der Waals surface area (Å²) >= 11 is 0. The van der Waals surface area contributed by atoms with Crippen molar-refractivity contribution in [2.75, 3.05) is 6.61 Å². The van der Waals surface area contributed by atoms with Crippen molar-refractivity contribution in [3.8, 4) is 0 Å². The van der Waals surface area contributed by atoms with Crippen LogP contribution in [0.4, 0.5) is 0 Å². The Morgan fingerprint density at radius 1 is 0.529 bits per heavy atom. The van der Waals surface area contributed by atoms with E-state index >= 15 is 0 Å². The molecule has 0 spiro atoms. The summed E-state index contributed by atoms with van der Waals surface area (Å²) in [4.78, 5) is 0. The van der Waals surface area contributed by atoms with Gasteiger partial charge in [0, 0.05) is 0 Å². The minimum Gasteiger partial charge on any atom is -0.726 e. The molecule has 6 heteroatoms. The van der Waals surface area contributed by atoms with Crippen LogP contribution >= 0.6 is 0 Å². The first-order valence-corrected chi connectivity index (χ1v) is 15.9. The van der Waals surface area contributed by atoms with Crippen LogP contribution in [0.2, 0.25) is 0 Å². The molecule has 200 valence electrons. The van der Waals surface area contributed by atoms with Gasteiger partial charge in [0.1, 0.15) is 0 Å². The van der Waals surface area contributed by atoms with Crippen LogP contribution in [-0.2, 0) is 14.6 Å². The molecular weight excluding hydrogens is 455 g/mol. The molecule has 0 rings (SSSR count). The average Bonchev–Trinajstić information content (AvgIpc) is 2.78. The first kappa shape index (κ1) is 37.0. The molecule has 0 aromatic rings. The Hall–Kier alpha value is 0.870. The van der Waals surface area contributed by atoms with E-state index in [1.165, 1.54) is 128 Å². The maximum absolute atomic E-state index is 10.9. The second kappa shape index (κ2) is 28.4. The van der Waals surface area contributed by atoms with Crippen molar-refractivity contribution in [1.82, 2.24) is 0 Å².